The Kier molecular flexibility index (Phi) is 5.20. The summed E-state index contributed by atoms with van der Waals surface area (Å²) in [6.45, 7) is 3.65. The van der Waals surface area contributed by atoms with E-state index < -0.39 is 6.10 Å². The van der Waals surface area contributed by atoms with Gasteiger partial charge in [0.2, 0.25) is 0 Å². The van der Waals surface area contributed by atoms with Gasteiger partial charge in [-0.25, -0.2) is 4.98 Å². The fraction of sp³-hybridized carbons (Fsp3) is 0.200. The minimum atomic E-state index is -0.666. The maximum atomic E-state index is 12.1. The second kappa shape index (κ2) is 6.91. The first-order valence-corrected chi connectivity index (χ1v) is 7.48. The molecule has 0 aliphatic heterocycles. The lowest BCUT2D eigenvalue weighted by molar-refractivity contribution is -0.122. The Hall–Kier alpha value is -1.59. The van der Waals surface area contributed by atoms with Crippen LogP contribution in [-0.4, -0.2) is 17.0 Å². The fourth-order valence-electron chi connectivity index (χ4n) is 1.66. The third-order valence-corrected chi connectivity index (χ3v) is 3.70. The van der Waals surface area contributed by atoms with E-state index in [4.69, 9.17) is 16.3 Å². The molecule has 0 radical (unpaired) electrons. The highest BCUT2D eigenvalue weighted by molar-refractivity contribution is 9.10. The predicted octanol–water partition coefficient (Wildman–Crippen LogP) is 4.21. The van der Waals surface area contributed by atoms with Crippen molar-refractivity contribution in [3.63, 3.8) is 0 Å². The van der Waals surface area contributed by atoms with E-state index in [-0.39, 0.29) is 11.1 Å². The number of pyridine rings is 1. The smallest absolute Gasteiger partial charge is 0.265 e. The largest absolute Gasteiger partial charge is 0.480 e. The molecule has 4 nitrogen and oxygen atoms in total. The van der Waals surface area contributed by atoms with Crippen LogP contribution in [-0.2, 0) is 4.79 Å². The number of anilines is 1. The van der Waals surface area contributed by atoms with Crippen molar-refractivity contribution in [2.45, 2.75) is 20.0 Å². The van der Waals surface area contributed by atoms with Crippen molar-refractivity contribution in [3.8, 4) is 5.75 Å². The number of carbonyl (C=O) groups excluding carboxylic acids is 1. The lowest BCUT2D eigenvalue weighted by Crippen LogP contribution is -2.30. The number of hydrogen-bond donors (Lipinski definition) is 1. The number of rotatable bonds is 4. The van der Waals surface area contributed by atoms with Crippen LogP contribution < -0.4 is 10.1 Å². The van der Waals surface area contributed by atoms with E-state index in [1.807, 2.05) is 25.1 Å². The van der Waals surface area contributed by atoms with Crippen molar-refractivity contribution in [3.05, 3.63) is 51.7 Å². The SMILES string of the molecule is Cc1ccc(O[C@@H](C)C(=O)Nc2cccnc2Cl)c(Br)c1. The molecule has 1 atom stereocenters. The van der Waals surface area contributed by atoms with Crippen LogP contribution in [0, 0.1) is 6.92 Å². The number of nitrogens with one attached hydrogen (secondary N) is 1. The van der Waals surface area contributed by atoms with Crippen LogP contribution in [0.4, 0.5) is 5.69 Å². The van der Waals surface area contributed by atoms with E-state index in [9.17, 15) is 4.79 Å². The summed E-state index contributed by atoms with van der Waals surface area (Å²) < 4.78 is 6.46. The van der Waals surface area contributed by atoms with Gasteiger partial charge >= 0.3 is 0 Å². The van der Waals surface area contributed by atoms with Crippen molar-refractivity contribution >= 4 is 39.1 Å². The molecule has 0 fully saturated rings. The Bertz CT molecular complexity index is 664. The van der Waals surface area contributed by atoms with Gasteiger partial charge in [0.1, 0.15) is 5.75 Å². The van der Waals surface area contributed by atoms with Crippen LogP contribution >= 0.6 is 27.5 Å². The van der Waals surface area contributed by atoms with Crippen molar-refractivity contribution in [1.82, 2.24) is 4.98 Å². The normalized spacial score (nSPS) is 11.8. The fourth-order valence-corrected chi connectivity index (χ4v) is 2.41. The molecule has 21 heavy (non-hydrogen) atoms. The number of ether oxygens (including phenoxy) is 1. The summed E-state index contributed by atoms with van der Waals surface area (Å²) in [7, 11) is 0. The van der Waals surface area contributed by atoms with Crippen molar-refractivity contribution in [1.29, 1.82) is 0 Å². The number of halogens is 2. The monoisotopic (exact) mass is 368 g/mol. The minimum absolute atomic E-state index is 0.245. The molecule has 2 aromatic rings. The summed E-state index contributed by atoms with van der Waals surface area (Å²) in [4.78, 5) is 16.0. The van der Waals surface area contributed by atoms with E-state index in [0.717, 1.165) is 10.0 Å². The molecule has 1 aromatic carbocycles. The molecule has 1 amide bonds. The maximum Gasteiger partial charge on any atom is 0.265 e. The zero-order valence-electron chi connectivity index (χ0n) is 11.6. The lowest BCUT2D eigenvalue weighted by atomic mass is 10.2. The van der Waals surface area contributed by atoms with Crippen LogP contribution in [0.1, 0.15) is 12.5 Å². The quantitative estimate of drug-likeness (QED) is 0.821. The van der Waals surface area contributed by atoms with Crippen LogP contribution in [0.3, 0.4) is 0 Å². The molecule has 0 saturated carbocycles. The number of benzene rings is 1. The number of hydrogen-bond acceptors (Lipinski definition) is 3. The molecule has 0 aliphatic carbocycles. The summed E-state index contributed by atoms with van der Waals surface area (Å²) in [6, 6.07) is 9.05. The van der Waals surface area contributed by atoms with E-state index in [1.165, 1.54) is 0 Å². The Morgan fingerprint density at radius 3 is 2.86 bits per heavy atom. The number of amides is 1. The molecular formula is C15H14BrClN2O2. The Labute approximate surface area is 136 Å². The molecule has 0 aliphatic rings. The third kappa shape index (κ3) is 4.19. The van der Waals surface area contributed by atoms with Crippen LogP contribution in [0.25, 0.3) is 0 Å². The summed E-state index contributed by atoms with van der Waals surface area (Å²) >= 11 is 9.32. The molecule has 1 N–H and O–H groups in total. The van der Waals surface area contributed by atoms with Gasteiger partial charge in [-0.1, -0.05) is 17.7 Å². The van der Waals surface area contributed by atoms with Gasteiger partial charge in [0, 0.05) is 6.20 Å². The standard InChI is InChI=1S/C15H14BrClN2O2/c1-9-5-6-13(11(16)8-9)21-10(2)15(20)19-12-4-3-7-18-14(12)17/h3-8,10H,1-2H3,(H,19,20)/t10-/m0/s1. The van der Waals surface area contributed by atoms with Gasteiger partial charge in [-0.2, -0.15) is 0 Å². The van der Waals surface area contributed by atoms with Gasteiger partial charge in [-0.05, 0) is 59.6 Å². The third-order valence-electron chi connectivity index (χ3n) is 2.78. The van der Waals surface area contributed by atoms with Crippen molar-refractivity contribution in [2.75, 3.05) is 5.32 Å². The van der Waals surface area contributed by atoms with Crippen molar-refractivity contribution < 1.29 is 9.53 Å². The van der Waals surface area contributed by atoms with E-state index in [1.54, 1.807) is 25.3 Å². The number of aromatic nitrogens is 1. The molecule has 0 unspecified atom stereocenters. The molecule has 1 heterocycles. The Morgan fingerprint density at radius 2 is 2.19 bits per heavy atom. The summed E-state index contributed by atoms with van der Waals surface area (Å²) in [5.74, 6) is 0.318. The molecule has 2 rings (SSSR count). The average molecular weight is 370 g/mol. The highest BCUT2D eigenvalue weighted by Crippen LogP contribution is 2.27. The van der Waals surface area contributed by atoms with E-state index in [2.05, 4.69) is 26.2 Å². The topological polar surface area (TPSA) is 51.2 Å². The highest BCUT2D eigenvalue weighted by atomic mass is 79.9. The van der Waals surface area contributed by atoms with Gasteiger partial charge < -0.3 is 10.1 Å². The van der Waals surface area contributed by atoms with Gasteiger partial charge in [-0.3, -0.25) is 4.79 Å². The number of aryl methyl sites for hydroxylation is 1. The molecule has 6 heteroatoms. The lowest BCUT2D eigenvalue weighted by Gasteiger charge is -2.16. The first kappa shape index (κ1) is 15.8. The minimum Gasteiger partial charge on any atom is -0.480 e. The zero-order valence-corrected chi connectivity index (χ0v) is 13.9. The molecular weight excluding hydrogens is 356 g/mol. The summed E-state index contributed by atoms with van der Waals surface area (Å²) in [6.07, 6.45) is 0.890. The van der Waals surface area contributed by atoms with Crippen molar-refractivity contribution in [2.24, 2.45) is 0 Å². The Balaban J connectivity index is 2.04. The van der Waals surface area contributed by atoms with Gasteiger partial charge in [0.25, 0.3) is 5.91 Å². The van der Waals surface area contributed by atoms with Gasteiger partial charge in [-0.15, -0.1) is 0 Å². The molecule has 1 aromatic heterocycles. The number of nitrogens with zero attached hydrogens (tertiary/aromatic N) is 1. The first-order chi connectivity index (χ1) is 9.97. The summed E-state index contributed by atoms with van der Waals surface area (Å²) in [5, 5.41) is 2.93. The molecule has 0 bridgehead atoms. The van der Waals surface area contributed by atoms with Gasteiger partial charge in [0.15, 0.2) is 11.3 Å². The maximum absolute atomic E-state index is 12.1. The predicted molar refractivity (Wildman–Crippen MR) is 86.8 cm³/mol. The Morgan fingerprint density at radius 1 is 1.43 bits per heavy atom. The molecule has 110 valence electrons. The highest BCUT2D eigenvalue weighted by Gasteiger charge is 2.17. The second-order valence-electron chi connectivity index (χ2n) is 4.52. The zero-order chi connectivity index (χ0) is 15.4. The average Bonchev–Trinajstić information content (AvgIpc) is 2.44. The van der Waals surface area contributed by atoms with E-state index in [0.29, 0.717) is 11.4 Å². The molecule has 0 saturated heterocycles. The van der Waals surface area contributed by atoms with Crippen LogP contribution in [0.2, 0.25) is 5.15 Å². The number of carbonyl (C=O) groups is 1. The van der Waals surface area contributed by atoms with Crippen LogP contribution in [0.15, 0.2) is 41.0 Å². The second-order valence-corrected chi connectivity index (χ2v) is 5.74. The molecule has 0 spiro atoms. The van der Waals surface area contributed by atoms with Gasteiger partial charge in [0.05, 0.1) is 10.2 Å². The first-order valence-electron chi connectivity index (χ1n) is 6.31. The summed E-state index contributed by atoms with van der Waals surface area (Å²) in [5.41, 5.74) is 1.57. The van der Waals surface area contributed by atoms with E-state index >= 15 is 0 Å². The van der Waals surface area contributed by atoms with Crippen LogP contribution in [0.5, 0.6) is 5.75 Å².